The fourth-order valence-electron chi connectivity index (χ4n) is 2.62. The van der Waals surface area contributed by atoms with Gasteiger partial charge in [0.1, 0.15) is 0 Å². The normalized spacial score (nSPS) is 12.8. The Morgan fingerprint density at radius 3 is 2.48 bits per heavy atom. The first kappa shape index (κ1) is 17.5. The van der Waals surface area contributed by atoms with E-state index >= 15 is 0 Å². The molecule has 0 radical (unpaired) electrons. The number of aliphatic hydroxyl groups is 1. The van der Waals surface area contributed by atoms with Crippen molar-refractivity contribution in [2.75, 3.05) is 6.54 Å². The van der Waals surface area contributed by atoms with E-state index in [9.17, 15) is 9.90 Å². The molecule has 2 rings (SSSR count). The summed E-state index contributed by atoms with van der Waals surface area (Å²) < 4.78 is 3.58. The monoisotopic (exact) mass is 317 g/mol. The molecule has 0 bridgehead atoms. The van der Waals surface area contributed by atoms with Crippen molar-refractivity contribution < 1.29 is 5.11 Å². The van der Waals surface area contributed by atoms with Gasteiger partial charge in [0.05, 0.1) is 17.4 Å². The molecule has 0 aliphatic rings. The van der Waals surface area contributed by atoms with Gasteiger partial charge in [-0.25, -0.2) is 4.68 Å². The average Bonchev–Trinajstić information content (AvgIpc) is 2.75. The number of aliphatic hydroxyl groups excluding tert-OH is 1. The molecule has 1 heterocycles. The first-order valence-corrected chi connectivity index (χ1v) is 8.15. The van der Waals surface area contributed by atoms with Gasteiger partial charge in [0.15, 0.2) is 0 Å². The van der Waals surface area contributed by atoms with Gasteiger partial charge in [0.2, 0.25) is 0 Å². The Labute approximate surface area is 137 Å². The summed E-state index contributed by atoms with van der Waals surface area (Å²) in [6.45, 7) is 7.18. The van der Waals surface area contributed by atoms with Crippen molar-refractivity contribution in [1.29, 1.82) is 0 Å². The maximum Gasteiger partial charge on any atom is 0.276 e. The van der Waals surface area contributed by atoms with E-state index < -0.39 is 0 Å². The zero-order valence-corrected chi connectivity index (χ0v) is 14.4. The van der Waals surface area contributed by atoms with Crippen LogP contribution in [0.1, 0.15) is 31.5 Å². The number of hydrogen-bond donors (Lipinski definition) is 2. The van der Waals surface area contributed by atoms with Crippen molar-refractivity contribution in [1.82, 2.24) is 14.7 Å². The van der Waals surface area contributed by atoms with Crippen LogP contribution in [0.25, 0.3) is 5.69 Å². The van der Waals surface area contributed by atoms with Crippen LogP contribution in [0.15, 0.2) is 35.1 Å². The van der Waals surface area contributed by atoms with Crippen LogP contribution in [0.2, 0.25) is 0 Å². The van der Waals surface area contributed by atoms with Crippen LogP contribution in [-0.2, 0) is 13.6 Å². The molecule has 0 saturated heterocycles. The molecule has 5 nitrogen and oxygen atoms in total. The highest BCUT2D eigenvalue weighted by molar-refractivity contribution is 5.33. The Bertz CT molecular complexity index is 686. The largest absolute Gasteiger partial charge is 0.393 e. The molecule has 1 atom stereocenters. The Morgan fingerprint density at radius 1 is 1.22 bits per heavy atom. The van der Waals surface area contributed by atoms with Crippen molar-refractivity contribution in [2.45, 2.75) is 39.8 Å². The molecular weight excluding hydrogens is 290 g/mol. The molecule has 0 fully saturated rings. The zero-order chi connectivity index (χ0) is 17.0. The number of aromatic nitrogens is 2. The van der Waals surface area contributed by atoms with E-state index in [1.54, 1.807) is 4.68 Å². The highest BCUT2D eigenvalue weighted by Gasteiger charge is 2.15. The van der Waals surface area contributed by atoms with Crippen LogP contribution in [-0.4, -0.2) is 27.1 Å². The molecule has 23 heavy (non-hydrogen) atoms. The van der Waals surface area contributed by atoms with Gasteiger partial charge < -0.3 is 10.4 Å². The number of benzene rings is 1. The number of nitrogens with zero attached hydrogens (tertiary/aromatic N) is 2. The van der Waals surface area contributed by atoms with Gasteiger partial charge in [-0.05, 0) is 37.9 Å². The van der Waals surface area contributed by atoms with E-state index in [1.807, 2.05) is 62.8 Å². The molecule has 1 aromatic carbocycles. The molecule has 2 N–H and O–H groups in total. The van der Waals surface area contributed by atoms with E-state index in [-0.39, 0.29) is 17.6 Å². The van der Waals surface area contributed by atoms with Crippen molar-refractivity contribution in [3.05, 3.63) is 51.9 Å². The molecule has 0 aliphatic heterocycles. The van der Waals surface area contributed by atoms with E-state index in [4.69, 9.17) is 0 Å². The number of nitrogens with one attached hydrogen (secondary N) is 1. The number of para-hydroxylation sites is 1. The van der Waals surface area contributed by atoms with Gasteiger partial charge in [-0.2, -0.15) is 0 Å². The molecule has 0 saturated carbocycles. The number of hydrogen-bond acceptors (Lipinski definition) is 3. The third kappa shape index (κ3) is 3.92. The lowest BCUT2D eigenvalue weighted by atomic mass is 10.0. The minimum absolute atomic E-state index is 0.00751. The van der Waals surface area contributed by atoms with Crippen LogP contribution in [0.5, 0.6) is 0 Å². The van der Waals surface area contributed by atoms with Gasteiger partial charge in [-0.1, -0.05) is 32.0 Å². The molecule has 0 spiro atoms. The predicted octanol–water partition coefficient (Wildman–Crippen LogP) is 1.98. The fourth-order valence-corrected chi connectivity index (χ4v) is 2.62. The average molecular weight is 317 g/mol. The topological polar surface area (TPSA) is 59.2 Å². The summed E-state index contributed by atoms with van der Waals surface area (Å²) in [7, 11) is 1.90. The second-order valence-corrected chi connectivity index (χ2v) is 6.32. The van der Waals surface area contributed by atoms with Crippen molar-refractivity contribution >= 4 is 0 Å². The Hall–Kier alpha value is -1.85. The van der Waals surface area contributed by atoms with E-state index in [0.717, 1.165) is 16.9 Å². The molecule has 1 aromatic heterocycles. The lowest BCUT2D eigenvalue weighted by Crippen LogP contribution is -2.26. The molecular formula is C18H27N3O2. The van der Waals surface area contributed by atoms with E-state index in [1.165, 1.54) is 0 Å². The van der Waals surface area contributed by atoms with Gasteiger partial charge in [0.25, 0.3) is 5.56 Å². The predicted molar refractivity (Wildman–Crippen MR) is 92.9 cm³/mol. The van der Waals surface area contributed by atoms with Gasteiger partial charge in [0, 0.05) is 19.3 Å². The zero-order valence-electron chi connectivity index (χ0n) is 14.4. The molecule has 2 aromatic rings. The van der Waals surface area contributed by atoms with Gasteiger partial charge in [-0.3, -0.25) is 9.48 Å². The molecule has 5 heteroatoms. The summed E-state index contributed by atoms with van der Waals surface area (Å²) in [5, 5.41) is 13.1. The highest BCUT2D eigenvalue weighted by Crippen LogP contribution is 2.10. The van der Waals surface area contributed by atoms with Crippen molar-refractivity contribution in [3.63, 3.8) is 0 Å². The van der Waals surface area contributed by atoms with Crippen LogP contribution in [0, 0.1) is 12.8 Å². The Kier molecular flexibility index (Phi) is 5.80. The smallest absolute Gasteiger partial charge is 0.276 e. The molecule has 126 valence electrons. The summed E-state index contributed by atoms with van der Waals surface area (Å²) in [5.41, 5.74) is 2.60. The first-order chi connectivity index (χ1) is 10.9. The first-order valence-electron chi connectivity index (χ1n) is 8.15. The summed E-state index contributed by atoms with van der Waals surface area (Å²) in [6, 6.07) is 9.64. The third-order valence-corrected chi connectivity index (χ3v) is 4.36. The second kappa shape index (κ2) is 7.62. The number of rotatable bonds is 7. The van der Waals surface area contributed by atoms with Crippen molar-refractivity contribution in [2.24, 2.45) is 13.0 Å². The van der Waals surface area contributed by atoms with Gasteiger partial charge in [-0.15, -0.1) is 0 Å². The lowest BCUT2D eigenvalue weighted by molar-refractivity contribution is 0.116. The summed E-state index contributed by atoms with van der Waals surface area (Å²) in [6.07, 6.45) is 0.386. The minimum atomic E-state index is -0.305. The minimum Gasteiger partial charge on any atom is -0.393 e. The highest BCUT2D eigenvalue weighted by atomic mass is 16.3. The molecule has 0 amide bonds. The van der Waals surface area contributed by atoms with Crippen LogP contribution < -0.4 is 10.9 Å². The van der Waals surface area contributed by atoms with E-state index in [2.05, 4.69) is 5.32 Å². The quantitative estimate of drug-likeness (QED) is 0.768. The summed E-state index contributed by atoms with van der Waals surface area (Å²) in [5.74, 6) is 0.255. The summed E-state index contributed by atoms with van der Waals surface area (Å²) >= 11 is 0. The van der Waals surface area contributed by atoms with Crippen molar-refractivity contribution in [3.8, 4) is 5.69 Å². The Balaban J connectivity index is 2.11. The molecule has 0 aliphatic carbocycles. The molecule has 1 unspecified atom stereocenters. The fraction of sp³-hybridized carbons (Fsp3) is 0.500. The Morgan fingerprint density at radius 2 is 1.87 bits per heavy atom. The van der Waals surface area contributed by atoms with Gasteiger partial charge >= 0.3 is 0 Å². The SMILES string of the molecule is Cc1c(CNCCC(O)C(C)C)c(=O)n(-c2ccccc2)n1C. The lowest BCUT2D eigenvalue weighted by Gasteiger charge is -2.14. The summed E-state index contributed by atoms with van der Waals surface area (Å²) in [4.78, 5) is 12.7. The maximum absolute atomic E-state index is 12.7. The van der Waals surface area contributed by atoms with Crippen LogP contribution in [0.3, 0.4) is 0 Å². The van der Waals surface area contributed by atoms with Crippen LogP contribution >= 0.6 is 0 Å². The van der Waals surface area contributed by atoms with Crippen LogP contribution in [0.4, 0.5) is 0 Å². The third-order valence-electron chi connectivity index (χ3n) is 4.36. The van der Waals surface area contributed by atoms with E-state index in [0.29, 0.717) is 19.5 Å². The second-order valence-electron chi connectivity index (χ2n) is 6.32. The maximum atomic E-state index is 12.7. The standard InChI is InChI=1S/C18H27N3O2/c1-13(2)17(22)10-11-19-12-16-14(3)20(4)21(18(16)23)15-8-6-5-7-9-15/h5-9,13,17,19,22H,10-12H2,1-4H3.